The molecule has 2 amide bonds. The lowest BCUT2D eigenvalue weighted by molar-refractivity contribution is -0.151. The Kier molecular flexibility index (Phi) is 3.20. The van der Waals surface area contributed by atoms with Crippen LogP contribution in [0.2, 0.25) is 0 Å². The van der Waals surface area contributed by atoms with Crippen LogP contribution in [-0.4, -0.2) is 33.8 Å². The molecule has 1 saturated heterocycles. The number of hydrogen-bond acceptors (Lipinski definition) is 3. The minimum atomic E-state index is -0.437. The number of pyridine rings is 1. The van der Waals surface area contributed by atoms with Crippen molar-refractivity contribution in [3.8, 4) is 0 Å². The lowest BCUT2D eigenvalue weighted by atomic mass is 9.99. The first-order valence-electron chi connectivity index (χ1n) is 7.12. The summed E-state index contributed by atoms with van der Waals surface area (Å²) in [6, 6.07) is 2.88. The van der Waals surface area contributed by atoms with Crippen molar-refractivity contribution in [1.82, 2.24) is 15.2 Å². The molecule has 5 nitrogen and oxygen atoms in total. The van der Waals surface area contributed by atoms with Crippen molar-refractivity contribution >= 4 is 11.8 Å². The van der Waals surface area contributed by atoms with Crippen LogP contribution in [0.1, 0.15) is 38.3 Å². The smallest absolute Gasteiger partial charge is 0.246 e. The van der Waals surface area contributed by atoms with Gasteiger partial charge in [-0.15, -0.1) is 0 Å². The summed E-state index contributed by atoms with van der Waals surface area (Å²) in [5.74, 6) is 0.302. The third-order valence-electron chi connectivity index (χ3n) is 4.29. The molecule has 2 fully saturated rings. The number of piperazine rings is 1. The minimum absolute atomic E-state index is 0.0379. The molecule has 3 rings (SSSR count). The van der Waals surface area contributed by atoms with Crippen molar-refractivity contribution in [2.24, 2.45) is 5.92 Å². The summed E-state index contributed by atoms with van der Waals surface area (Å²) in [5, 5.41) is 2.87. The van der Waals surface area contributed by atoms with Gasteiger partial charge in [-0.2, -0.15) is 0 Å². The van der Waals surface area contributed by atoms with Gasteiger partial charge in [-0.05, 0) is 44.2 Å². The van der Waals surface area contributed by atoms with Gasteiger partial charge in [0.15, 0.2) is 0 Å². The molecule has 0 radical (unpaired) electrons. The molecule has 1 saturated carbocycles. The predicted octanol–water partition coefficient (Wildman–Crippen LogP) is 1.27. The van der Waals surface area contributed by atoms with Crippen LogP contribution in [0.4, 0.5) is 0 Å². The Balaban J connectivity index is 1.88. The molecule has 106 valence electrons. The van der Waals surface area contributed by atoms with E-state index in [-0.39, 0.29) is 23.9 Å². The standard InChI is InChI=1S/C15H19N3O2/c1-9(12-4-3-7-16-8-12)18-10(2)14(19)17-13(15(18)20)11-5-6-11/h3-4,7-11,13H,5-6H2,1-2H3,(H,17,19). The van der Waals surface area contributed by atoms with E-state index >= 15 is 0 Å². The van der Waals surface area contributed by atoms with E-state index in [1.807, 2.05) is 19.1 Å². The van der Waals surface area contributed by atoms with Crippen molar-refractivity contribution in [1.29, 1.82) is 0 Å². The highest BCUT2D eigenvalue weighted by Crippen LogP contribution is 2.36. The molecule has 1 aromatic heterocycles. The largest absolute Gasteiger partial charge is 0.342 e. The van der Waals surface area contributed by atoms with E-state index in [1.165, 1.54) is 0 Å². The Morgan fingerprint density at radius 3 is 2.75 bits per heavy atom. The van der Waals surface area contributed by atoms with E-state index in [0.29, 0.717) is 5.92 Å². The first-order chi connectivity index (χ1) is 9.59. The van der Waals surface area contributed by atoms with Gasteiger partial charge < -0.3 is 10.2 Å². The van der Waals surface area contributed by atoms with Crippen molar-refractivity contribution in [2.75, 3.05) is 0 Å². The third-order valence-corrected chi connectivity index (χ3v) is 4.29. The quantitative estimate of drug-likeness (QED) is 0.902. The molecule has 0 bridgehead atoms. The van der Waals surface area contributed by atoms with Crippen molar-refractivity contribution in [2.45, 2.75) is 44.8 Å². The van der Waals surface area contributed by atoms with Gasteiger partial charge in [0.2, 0.25) is 11.8 Å². The van der Waals surface area contributed by atoms with Gasteiger partial charge in [-0.1, -0.05) is 6.07 Å². The highest BCUT2D eigenvalue weighted by molar-refractivity contribution is 5.97. The van der Waals surface area contributed by atoms with Gasteiger partial charge in [0.1, 0.15) is 12.1 Å². The normalized spacial score (nSPS) is 28.2. The summed E-state index contributed by atoms with van der Waals surface area (Å²) in [4.78, 5) is 30.6. The number of nitrogens with zero attached hydrogens (tertiary/aromatic N) is 2. The molecule has 3 atom stereocenters. The van der Waals surface area contributed by atoms with E-state index in [2.05, 4.69) is 10.3 Å². The van der Waals surface area contributed by atoms with Crippen molar-refractivity contribution in [3.05, 3.63) is 30.1 Å². The molecule has 1 aliphatic heterocycles. The topological polar surface area (TPSA) is 62.3 Å². The van der Waals surface area contributed by atoms with Crippen LogP contribution < -0.4 is 5.32 Å². The monoisotopic (exact) mass is 273 g/mol. The van der Waals surface area contributed by atoms with E-state index in [1.54, 1.807) is 24.2 Å². The zero-order valence-corrected chi connectivity index (χ0v) is 11.7. The van der Waals surface area contributed by atoms with Gasteiger partial charge in [0.05, 0.1) is 6.04 Å². The molecular weight excluding hydrogens is 254 g/mol. The summed E-state index contributed by atoms with van der Waals surface area (Å²) in [5.41, 5.74) is 0.956. The minimum Gasteiger partial charge on any atom is -0.342 e. The summed E-state index contributed by atoms with van der Waals surface area (Å²) in [6.45, 7) is 3.73. The van der Waals surface area contributed by atoms with Crippen LogP contribution in [0.3, 0.4) is 0 Å². The molecule has 0 spiro atoms. The Morgan fingerprint density at radius 2 is 2.15 bits per heavy atom. The summed E-state index contributed by atoms with van der Waals surface area (Å²) < 4.78 is 0. The fourth-order valence-electron chi connectivity index (χ4n) is 2.87. The maximum absolute atomic E-state index is 12.7. The molecular formula is C15H19N3O2. The average molecular weight is 273 g/mol. The average Bonchev–Trinajstić information content (AvgIpc) is 3.28. The van der Waals surface area contributed by atoms with Crippen LogP contribution in [0, 0.1) is 5.92 Å². The van der Waals surface area contributed by atoms with Gasteiger partial charge in [-0.3, -0.25) is 14.6 Å². The second kappa shape index (κ2) is 4.89. The summed E-state index contributed by atoms with van der Waals surface area (Å²) >= 11 is 0. The highest BCUT2D eigenvalue weighted by Gasteiger charge is 2.46. The fourth-order valence-corrected chi connectivity index (χ4v) is 2.87. The van der Waals surface area contributed by atoms with E-state index in [0.717, 1.165) is 18.4 Å². The van der Waals surface area contributed by atoms with E-state index in [9.17, 15) is 9.59 Å². The van der Waals surface area contributed by atoms with Gasteiger partial charge >= 0.3 is 0 Å². The first kappa shape index (κ1) is 13.1. The van der Waals surface area contributed by atoms with Crippen LogP contribution in [0.5, 0.6) is 0 Å². The van der Waals surface area contributed by atoms with Crippen LogP contribution in [-0.2, 0) is 9.59 Å². The SMILES string of the molecule is CC1C(=O)NC(C2CC2)C(=O)N1C(C)c1cccnc1. The number of carbonyl (C=O) groups is 2. The Bertz CT molecular complexity index is 527. The van der Waals surface area contributed by atoms with E-state index in [4.69, 9.17) is 0 Å². The molecule has 3 unspecified atom stereocenters. The second-order valence-electron chi connectivity index (χ2n) is 5.71. The van der Waals surface area contributed by atoms with Gasteiger partial charge in [-0.25, -0.2) is 0 Å². The van der Waals surface area contributed by atoms with Crippen LogP contribution in [0.25, 0.3) is 0 Å². The van der Waals surface area contributed by atoms with Crippen molar-refractivity contribution in [3.63, 3.8) is 0 Å². The maximum Gasteiger partial charge on any atom is 0.246 e. The zero-order chi connectivity index (χ0) is 14.3. The van der Waals surface area contributed by atoms with Gasteiger partial charge in [0.25, 0.3) is 0 Å². The number of hydrogen-bond donors (Lipinski definition) is 1. The predicted molar refractivity (Wildman–Crippen MR) is 73.6 cm³/mol. The highest BCUT2D eigenvalue weighted by atomic mass is 16.2. The van der Waals surface area contributed by atoms with E-state index < -0.39 is 6.04 Å². The molecule has 1 aromatic rings. The number of aromatic nitrogens is 1. The molecule has 2 heterocycles. The number of rotatable bonds is 3. The molecule has 2 aliphatic rings. The Hall–Kier alpha value is -1.91. The zero-order valence-electron chi connectivity index (χ0n) is 11.7. The first-order valence-corrected chi connectivity index (χ1v) is 7.12. The molecule has 1 aliphatic carbocycles. The molecule has 0 aromatic carbocycles. The van der Waals surface area contributed by atoms with Gasteiger partial charge in [0, 0.05) is 12.4 Å². The lowest BCUT2D eigenvalue weighted by Crippen LogP contribution is -2.63. The Labute approximate surface area is 118 Å². The second-order valence-corrected chi connectivity index (χ2v) is 5.71. The third kappa shape index (κ3) is 2.17. The molecule has 5 heteroatoms. The van der Waals surface area contributed by atoms with Crippen LogP contribution >= 0.6 is 0 Å². The lowest BCUT2D eigenvalue weighted by Gasteiger charge is -2.41. The number of amides is 2. The number of nitrogens with one attached hydrogen (secondary N) is 1. The maximum atomic E-state index is 12.7. The number of carbonyl (C=O) groups excluding carboxylic acids is 2. The molecule has 1 N–H and O–H groups in total. The molecule has 20 heavy (non-hydrogen) atoms. The Morgan fingerprint density at radius 1 is 1.40 bits per heavy atom. The summed E-state index contributed by atoms with van der Waals surface area (Å²) in [6.07, 6.45) is 5.51. The fraction of sp³-hybridized carbons (Fsp3) is 0.533. The van der Waals surface area contributed by atoms with Crippen molar-refractivity contribution < 1.29 is 9.59 Å². The van der Waals surface area contributed by atoms with Crippen LogP contribution in [0.15, 0.2) is 24.5 Å². The summed E-state index contributed by atoms with van der Waals surface area (Å²) in [7, 11) is 0.